The van der Waals surface area contributed by atoms with Crippen molar-refractivity contribution in [3.63, 3.8) is 0 Å². The van der Waals surface area contributed by atoms with Crippen molar-refractivity contribution >= 4 is 11.9 Å². The first-order valence-corrected chi connectivity index (χ1v) is 5.58. The van der Waals surface area contributed by atoms with Gasteiger partial charge in [0.1, 0.15) is 6.04 Å². The summed E-state index contributed by atoms with van der Waals surface area (Å²) < 4.78 is 0. The van der Waals surface area contributed by atoms with Crippen LogP contribution < -0.4 is 5.32 Å². The summed E-state index contributed by atoms with van der Waals surface area (Å²) in [5.74, 6) is -1.55. The smallest absolute Gasteiger partial charge is 0.326 e. The highest BCUT2D eigenvalue weighted by molar-refractivity contribution is 5.96. The third kappa shape index (κ3) is 3.38. The summed E-state index contributed by atoms with van der Waals surface area (Å²) in [6.07, 6.45) is 6.07. The maximum Gasteiger partial charge on any atom is 0.326 e. The van der Waals surface area contributed by atoms with E-state index in [1.807, 2.05) is 0 Å². The largest absolute Gasteiger partial charge is 0.480 e. The molecule has 0 aliphatic heterocycles. The minimum absolute atomic E-state index is 0.145. The van der Waals surface area contributed by atoms with E-state index in [4.69, 9.17) is 5.11 Å². The van der Waals surface area contributed by atoms with Crippen molar-refractivity contribution in [2.24, 2.45) is 0 Å². The Hall–Kier alpha value is -2.70. The topological polar surface area (TPSA) is 108 Å². The summed E-state index contributed by atoms with van der Waals surface area (Å²) in [5.41, 5.74) is 1.01. The molecule has 1 atom stereocenters. The molecule has 7 heteroatoms. The Morgan fingerprint density at radius 1 is 1.32 bits per heavy atom. The summed E-state index contributed by atoms with van der Waals surface area (Å²) in [6.45, 7) is 0. The third-order valence-electron chi connectivity index (χ3n) is 2.52. The number of amides is 1. The predicted molar refractivity (Wildman–Crippen MR) is 65.4 cm³/mol. The van der Waals surface area contributed by atoms with Gasteiger partial charge in [0.15, 0.2) is 0 Å². The molecule has 7 nitrogen and oxygen atoms in total. The zero-order valence-corrected chi connectivity index (χ0v) is 9.91. The Morgan fingerprint density at radius 3 is 2.63 bits per heavy atom. The number of pyridine rings is 1. The average Bonchev–Trinajstić information content (AvgIpc) is 2.91. The first kappa shape index (κ1) is 12.7. The van der Waals surface area contributed by atoms with Gasteiger partial charge in [-0.2, -0.15) is 0 Å². The van der Waals surface area contributed by atoms with Gasteiger partial charge in [-0.05, 0) is 12.1 Å². The fourth-order valence-corrected chi connectivity index (χ4v) is 1.56. The van der Waals surface area contributed by atoms with E-state index in [-0.39, 0.29) is 6.42 Å². The first-order chi connectivity index (χ1) is 9.16. The van der Waals surface area contributed by atoms with Gasteiger partial charge in [-0.15, -0.1) is 0 Å². The van der Waals surface area contributed by atoms with Gasteiger partial charge in [-0.3, -0.25) is 9.78 Å². The number of hydrogen-bond donors (Lipinski definition) is 3. The standard InChI is InChI=1S/C12H12N4O3/c17-11(8-1-3-13-4-2-8)16-10(12(18)19)5-9-6-14-7-15-9/h1-4,6-7,10H,5H2,(H,14,15)(H,16,17)(H,18,19)/t10-/m1/s1. The van der Waals surface area contributed by atoms with E-state index >= 15 is 0 Å². The molecular formula is C12H12N4O3. The summed E-state index contributed by atoms with van der Waals surface area (Å²) in [4.78, 5) is 33.4. The number of rotatable bonds is 5. The van der Waals surface area contributed by atoms with E-state index in [1.165, 1.54) is 37.1 Å². The average molecular weight is 260 g/mol. The molecule has 98 valence electrons. The van der Waals surface area contributed by atoms with Crippen LogP contribution in [0.2, 0.25) is 0 Å². The molecule has 0 saturated heterocycles. The van der Waals surface area contributed by atoms with Crippen molar-refractivity contribution in [1.29, 1.82) is 0 Å². The number of H-pyrrole nitrogens is 1. The quantitative estimate of drug-likeness (QED) is 0.713. The molecule has 0 aliphatic rings. The van der Waals surface area contributed by atoms with Crippen LogP contribution in [0.3, 0.4) is 0 Å². The number of aromatic amines is 1. The van der Waals surface area contributed by atoms with Gasteiger partial charge in [-0.25, -0.2) is 9.78 Å². The molecule has 3 N–H and O–H groups in total. The van der Waals surface area contributed by atoms with E-state index < -0.39 is 17.9 Å². The molecule has 0 aromatic carbocycles. The van der Waals surface area contributed by atoms with Gasteiger partial charge < -0.3 is 15.4 Å². The lowest BCUT2D eigenvalue weighted by Gasteiger charge is -2.13. The maximum absolute atomic E-state index is 11.9. The molecule has 2 rings (SSSR count). The van der Waals surface area contributed by atoms with Gasteiger partial charge >= 0.3 is 5.97 Å². The van der Waals surface area contributed by atoms with Crippen LogP contribution >= 0.6 is 0 Å². The Bertz CT molecular complexity index is 554. The number of imidazole rings is 1. The van der Waals surface area contributed by atoms with Crippen molar-refractivity contribution < 1.29 is 14.7 Å². The third-order valence-corrected chi connectivity index (χ3v) is 2.52. The number of carbonyl (C=O) groups is 2. The highest BCUT2D eigenvalue weighted by atomic mass is 16.4. The number of carboxylic acids is 1. The molecule has 0 fully saturated rings. The lowest BCUT2D eigenvalue weighted by molar-refractivity contribution is -0.139. The number of carbonyl (C=O) groups excluding carboxylic acids is 1. The Labute approximate surface area is 108 Å². The summed E-state index contributed by atoms with van der Waals surface area (Å²) in [7, 11) is 0. The molecule has 2 heterocycles. The molecule has 0 aliphatic carbocycles. The van der Waals surface area contributed by atoms with Crippen LogP contribution in [0.25, 0.3) is 0 Å². The van der Waals surface area contributed by atoms with Gasteiger partial charge in [-0.1, -0.05) is 0 Å². The van der Waals surface area contributed by atoms with Gasteiger partial charge in [0.05, 0.1) is 6.33 Å². The Kier molecular flexibility index (Phi) is 3.87. The van der Waals surface area contributed by atoms with Crippen molar-refractivity contribution in [1.82, 2.24) is 20.3 Å². The van der Waals surface area contributed by atoms with Crippen LogP contribution in [-0.2, 0) is 11.2 Å². The van der Waals surface area contributed by atoms with Crippen LogP contribution in [0.15, 0.2) is 37.1 Å². The minimum Gasteiger partial charge on any atom is -0.480 e. The number of aromatic nitrogens is 3. The predicted octanol–water partition coefficient (Wildman–Crippen LogP) is 0.230. The number of nitrogens with one attached hydrogen (secondary N) is 2. The lowest BCUT2D eigenvalue weighted by atomic mass is 10.1. The molecular weight excluding hydrogens is 248 g/mol. The van der Waals surface area contributed by atoms with E-state index in [1.54, 1.807) is 0 Å². The van der Waals surface area contributed by atoms with Crippen molar-refractivity contribution in [2.75, 3.05) is 0 Å². The summed E-state index contributed by atoms with van der Waals surface area (Å²) in [5, 5.41) is 11.6. The lowest BCUT2D eigenvalue weighted by Crippen LogP contribution is -2.42. The van der Waals surface area contributed by atoms with Crippen LogP contribution in [0, 0.1) is 0 Å². The first-order valence-electron chi connectivity index (χ1n) is 5.58. The number of hydrogen-bond acceptors (Lipinski definition) is 4. The second-order valence-corrected chi connectivity index (χ2v) is 3.88. The van der Waals surface area contributed by atoms with Gasteiger partial charge in [0, 0.05) is 36.3 Å². The SMILES string of the molecule is O=C(N[C@H](Cc1cnc[nH]1)C(=O)O)c1ccncc1. The zero-order chi connectivity index (χ0) is 13.7. The normalized spacial score (nSPS) is 11.8. The van der Waals surface area contributed by atoms with Crippen molar-refractivity contribution in [2.45, 2.75) is 12.5 Å². The second kappa shape index (κ2) is 5.76. The summed E-state index contributed by atoms with van der Waals surface area (Å²) in [6, 6.07) is 2.02. The monoisotopic (exact) mass is 260 g/mol. The fraction of sp³-hybridized carbons (Fsp3) is 0.167. The Balaban J connectivity index is 2.05. The van der Waals surface area contributed by atoms with Crippen LogP contribution in [-0.4, -0.2) is 38.0 Å². The molecule has 0 radical (unpaired) electrons. The molecule has 0 saturated carbocycles. The Morgan fingerprint density at radius 2 is 2.05 bits per heavy atom. The van der Waals surface area contributed by atoms with Crippen LogP contribution in [0.4, 0.5) is 0 Å². The molecule has 2 aromatic rings. The number of aliphatic carboxylic acids is 1. The molecule has 0 bridgehead atoms. The van der Waals surface area contributed by atoms with Crippen LogP contribution in [0.1, 0.15) is 16.1 Å². The minimum atomic E-state index is -1.10. The molecule has 0 unspecified atom stereocenters. The van der Waals surface area contributed by atoms with Crippen LogP contribution in [0.5, 0.6) is 0 Å². The second-order valence-electron chi connectivity index (χ2n) is 3.88. The van der Waals surface area contributed by atoms with Crippen molar-refractivity contribution in [3.8, 4) is 0 Å². The zero-order valence-electron chi connectivity index (χ0n) is 9.91. The van der Waals surface area contributed by atoms with E-state index in [9.17, 15) is 9.59 Å². The van der Waals surface area contributed by atoms with E-state index in [2.05, 4.69) is 20.3 Å². The molecule has 0 spiro atoms. The fourth-order valence-electron chi connectivity index (χ4n) is 1.56. The van der Waals surface area contributed by atoms with Gasteiger partial charge in [0.25, 0.3) is 5.91 Å². The molecule has 2 aromatic heterocycles. The van der Waals surface area contributed by atoms with E-state index in [0.717, 1.165) is 0 Å². The maximum atomic E-state index is 11.9. The molecule has 19 heavy (non-hydrogen) atoms. The summed E-state index contributed by atoms with van der Waals surface area (Å²) >= 11 is 0. The highest BCUT2D eigenvalue weighted by Gasteiger charge is 2.21. The number of nitrogens with zero attached hydrogens (tertiary/aromatic N) is 2. The van der Waals surface area contributed by atoms with Gasteiger partial charge in [0.2, 0.25) is 0 Å². The van der Waals surface area contributed by atoms with Crippen molar-refractivity contribution in [3.05, 3.63) is 48.3 Å². The highest BCUT2D eigenvalue weighted by Crippen LogP contribution is 2.02. The number of carboxylic acid groups (broad SMARTS) is 1. The molecule has 1 amide bonds. The van der Waals surface area contributed by atoms with E-state index in [0.29, 0.717) is 11.3 Å².